The van der Waals surface area contributed by atoms with E-state index in [-0.39, 0.29) is 5.91 Å². The van der Waals surface area contributed by atoms with Crippen molar-refractivity contribution in [2.45, 2.75) is 12.8 Å². The predicted octanol–water partition coefficient (Wildman–Crippen LogP) is 3.29. The largest absolute Gasteiger partial charge is 0.397 e. The van der Waals surface area contributed by atoms with Crippen molar-refractivity contribution in [2.75, 3.05) is 25.5 Å². The van der Waals surface area contributed by atoms with Crippen molar-refractivity contribution in [3.63, 3.8) is 0 Å². The lowest BCUT2D eigenvalue weighted by Crippen LogP contribution is -2.33. The van der Waals surface area contributed by atoms with Crippen LogP contribution in [0, 0.1) is 5.92 Å². The van der Waals surface area contributed by atoms with Gasteiger partial charge in [0, 0.05) is 28.3 Å². The molecule has 1 amide bonds. The van der Waals surface area contributed by atoms with Gasteiger partial charge in [-0.25, -0.2) is 0 Å². The average molecular weight is 325 g/mol. The van der Waals surface area contributed by atoms with E-state index in [0.717, 1.165) is 36.1 Å². The van der Waals surface area contributed by atoms with Crippen LogP contribution in [0.2, 0.25) is 5.02 Å². The van der Waals surface area contributed by atoms with Gasteiger partial charge in [-0.3, -0.25) is 4.79 Å². The smallest absolute Gasteiger partial charge is 0.263 e. The van der Waals surface area contributed by atoms with Crippen molar-refractivity contribution in [3.8, 4) is 0 Å². The van der Waals surface area contributed by atoms with E-state index in [0.29, 0.717) is 28.0 Å². The number of anilines is 1. The number of rotatable bonds is 3. The number of hydrogen-bond donors (Lipinski definition) is 2. The number of nitrogen functional groups attached to an aromatic ring is 1. The monoisotopic (exact) mass is 324 g/mol. The van der Waals surface area contributed by atoms with Crippen molar-refractivity contribution in [1.29, 1.82) is 0 Å². The van der Waals surface area contributed by atoms with E-state index in [1.165, 1.54) is 11.3 Å². The van der Waals surface area contributed by atoms with Crippen LogP contribution in [0.1, 0.15) is 22.5 Å². The lowest BCUT2D eigenvalue weighted by molar-refractivity contribution is 0.0537. The summed E-state index contributed by atoms with van der Waals surface area (Å²) in [7, 11) is 0. The van der Waals surface area contributed by atoms with E-state index in [1.807, 2.05) is 12.1 Å². The van der Waals surface area contributed by atoms with Crippen LogP contribution in [0.3, 0.4) is 0 Å². The fourth-order valence-corrected chi connectivity index (χ4v) is 3.86. The molecule has 1 aliphatic heterocycles. The molecule has 21 heavy (non-hydrogen) atoms. The Kier molecular flexibility index (Phi) is 4.33. The maximum atomic E-state index is 12.3. The summed E-state index contributed by atoms with van der Waals surface area (Å²) in [6.45, 7) is 2.18. The Balaban J connectivity index is 1.73. The Hall–Kier alpha value is -1.30. The third-order valence-corrected chi connectivity index (χ3v) is 5.10. The summed E-state index contributed by atoms with van der Waals surface area (Å²) >= 11 is 7.35. The second-order valence-electron chi connectivity index (χ2n) is 5.28. The molecule has 3 N–H and O–H groups in total. The Morgan fingerprint density at radius 1 is 1.52 bits per heavy atom. The Morgan fingerprint density at radius 2 is 2.38 bits per heavy atom. The van der Waals surface area contributed by atoms with Gasteiger partial charge < -0.3 is 15.8 Å². The Bertz CT molecular complexity index is 665. The zero-order valence-electron chi connectivity index (χ0n) is 11.5. The average Bonchev–Trinajstić information content (AvgIpc) is 2.82. The van der Waals surface area contributed by atoms with E-state index in [4.69, 9.17) is 22.1 Å². The van der Waals surface area contributed by atoms with E-state index in [1.54, 1.807) is 6.07 Å². The summed E-state index contributed by atoms with van der Waals surface area (Å²) in [5.74, 6) is 0.281. The molecule has 6 heteroatoms. The first-order chi connectivity index (χ1) is 10.1. The number of carbonyl (C=O) groups is 1. The molecule has 0 radical (unpaired) electrons. The van der Waals surface area contributed by atoms with Gasteiger partial charge in [-0.05, 0) is 37.0 Å². The number of ether oxygens (including phenoxy) is 1. The standard InChI is InChI=1S/C15H17ClN2O2S/c16-10-3-4-11-12(6-10)21-14(13(11)17)15(19)18-7-9-2-1-5-20-8-9/h3-4,6,9H,1-2,5,7-8,17H2,(H,18,19). The van der Waals surface area contributed by atoms with Crippen LogP contribution in [-0.4, -0.2) is 25.7 Å². The van der Waals surface area contributed by atoms with Gasteiger partial charge >= 0.3 is 0 Å². The zero-order chi connectivity index (χ0) is 14.8. The maximum Gasteiger partial charge on any atom is 0.263 e. The van der Waals surface area contributed by atoms with Crippen molar-refractivity contribution in [2.24, 2.45) is 5.92 Å². The minimum absolute atomic E-state index is 0.115. The van der Waals surface area contributed by atoms with Gasteiger partial charge in [-0.1, -0.05) is 11.6 Å². The molecule has 3 rings (SSSR count). The summed E-state index contributed by atoms with van der Waals surface area (Å²) in [6, 6.07) is 5.48. The molecule has 112 valence electrons. The van der Waals surface area contributed by atoms with Crippen LogP contribution in [0.4, 0.5) is 5.69 Å². The van der Waals surface area contributed by atoms with Crippen molar-refractivity contribution in [1.82, 2.24) is 5.32 Å². The van der Waals surface area contributed by atoms with Crippen LogP contribution in [0.15, 0.2) is 18.2 Å². The maximum absolute atomic E-state index is 12.3. The minimum Gasteiger partial charge on any atom is -0.397 e. The highest BCUT2D eigenvalue weighted by Crippen LogP contribution is 2.35. The summed E-state index contributed by atoms with van der Waals surface area (Å²) in [6.07, 6.45) is 2.15. The van der Waals surface area contributed by atoms with Crippen LogP contribution < -0.4 is 11.1 Å². The number of nitrogens with two attached hydrogens (primary N) is 1. The number of carbonyl (C=O) groups excluding carboxylic acids is 1. The Morgan fingerprint density at radius 3 is 3.14 bits per heavy atom. The van der Waals surface area contributed by atoms with E-state index in [2.05, 4.69) is 5.32 Å². The number of halogens is 1. The van der Waals surface area contributed by atoms with Gasteiger partial charge in [0.15, 0.2) is 0 Å². The Labute approximate surface area is 132 Å². The third kappa shape index (κ3) is 3.15. The number of fused-ring (bicyclic) bond motifs is 1. The summed E-state index contributed by atoms with van der Waals surface area (Å²) in [5.41, 5.74) is 6.61. The van der Waals surface area contributed by atoms with Crippen molar-refractivity contribution < 1.29 is 9.53 Å². The highest BCUT2D eigenvalue weighted by molar-refractivity contribution is 7.21. The van der Waals surface area contributed by atoms with Gasteiger partial charge in [-0.2, -0.15) is 0 Å². The highest BCUT2D eigenvalue weighted by atomic mass is 35.5. The number of hydrogen-bond acceptors (Lipinski definition) is 4. The van der Waals surface area contributed by atoms with Gasteiger partial charge in [0.05, 0.1) is 12.3 Å². The van der Waals surface area contributed by atoms with Gasteiger partial charge in [-0.15, -0.1) is 11.3 Å². The number of amides is 1. The second kappa shape index (κ2) is 6.22. The number of benzene rings is 1. The van der Waals surface area contributed by atoms with Crippen LogP contribution in [-0.2, 0) is 4.74 Å². The third-order valence-electron chi connectivity index (χ3n) is 3.70. The highest BCUT2D eigenvalue weighted by Gasteiger charge is 2.19. The quantitative estimate of drug-likeness (QED) is 0.910. The molecule has 1 saturated heterocycles. The topological polar surface area (TPSA) is 64.4 Å². The first-order valence-electron chi connectivity index (χ1n) is 6.98. The zero-order valence-corrected chi connectivity index (χ0v) is 13.1. The van der Waals surface area contributed by atoms with E-state index >= 15 is 0 Å². The molecule has 0 saturated carbocycles. The molecule has 1 aliphatic rings. The van der Waals surface area contributed by atoms with E-state index < -0.39 is 0 Å². The molecule has 2 heterocycles. The van der Waals surface area contributed by atoms with Gasteiger partial charge in [0.1, 0.15) is 4.88 Å². The lowest BCUT2D eigenvalue weighted by Gasteiger charge is -2.22. The first-order valence-corrected chi connectivity index (χ1v) is 8.18. The van der Waals surface area contributed by atoms with Crippen molar-refractivity contribution >= 4 is 44.6 Å². The molecule has 4 nitrogen and oxygen atoms in total. The lowest BCUT2D eigenvalue weighted by atomic mass is 10.0. The van der Waals surface area contributed by atoms with Gasteiger partial charge in [0.2, 0.25) is 0 Å². The van der Waals surface area contributed by atoms with Crippen LogP contribution in [0.25, 0.3) is 10.1 Å². The predicted molar refractivity (Wildman–Crippen MR) is 87.1 cm³/mol. The van der Waals surface area contributed by atoms with E-state index in [9.17, 15) is 4.79 Å². The molecule has 0 spiro atoms. The van der Waals surface area contributed by atoms with Crippen LogP contribution >= 0.6 is 22.9 Å². The first kappa shape index (κ1) is 14.6. The van der Waals surface area contributed by atoms with Crippen LogP contribution in [0.5, 0.6) is 0 Å². The number of nitrogens with one attached hydrogen (secondary N) is 1. The van der Waals surface area contributed by atoms with Gasteiger partial charge in [0.25, 0.3) is 5.91 Å². The normalized spacial score (nSPS) is 18.8. The molecular weight excluding hydrogens is 308 g/mol. The molecule has 1 atom stereocenters. The SMILES string of the molecule is Nc1c(C(=O)NCC2CCCOC2)sc2cc(Cl)ccc12. The molecule has 0 bridgehead atoms. The minimum atomic E-state index is -0.115. The molecule has 2 aromatic rings. The molecule has 1 aromatic carbocycles. The summed E-state index contributed by atoms with van der Waals surface area (Å²) < 4.78 is 6.35. The summed E-state index contributed by atoms with van der Waals surface area (Å²) in [4.78, 5) is 12.9. The fourth-order valence-electron chi connectivity index (χ4n) is 2.54. The summed E-state index contributed by atoms with van der Waals surface area (Å²) in [5, 5.41) is 4.50. The van der Waals surface area contributed by atoms with Crippen molar-refractivity contribution in [3.05, 3.63) is 28.1 Å². The molecular formula is C15H17ClN2O2S. The fraction of sp³-hybridized carbons (Fsp3) is 0.400. The second-order valence-corrected chi connectivity index (χ2v) is 6.77. The number of thiophene rings is 1. The molecule has 1 fully saturated rings. The molecule has 1 aromatic heterocycles. The molecule has 1 unspecified atom stereocenters. The molecule has 0 aliphatic carbocycles.